The van der Waals surface area contributed by atoms with Crippen LogP contribution in [-0.4, -0.2) is 68.1 Å². The molecule has 0 radical (unpaired) electrons. The molecule has 4 aromatic rings. The van der Waals surface area contributed by atoms with Gasteiger partial charge in [-0.05, 0) is 114 Å². The maximum absolute atomic E-state index is 13.9. The van der Waals surface area contributed by atoms with E-state index in [1.165, 1.54) is 44.6 Å². The van der Waals surface area contributed by atoms with Crippen molar-refractivity contribution in [2.45, 2.75) is 140 Å². The molecule has 1 aliphatic heterocycles. The van der Waals surface area contributed by atoms with Gasteiger partial charge in [0.05, 0.1) is 11.6 Å². The fraction of sp³-hybridized carbons (Fsp3) is 0.542. The average molecular weight is 810 g/mol. The SMILES string of the molecule is CN(CCCCCCCCCNC[C@H](O[Si](C)(C)C(C)(C)C)c1ccc(O)c2[nH]c(=O)ccc12)C1CCC(OC(=O)C2(C)c3ccccc3Oc3ccccc32)CC1. The number of carbonyl (C=O) groups excluding carboxylic acids is 1. The third kappa shape index (κ3) is 10.1. The molecule has 3 N–H and O–H groups in total. The topological polar surface area (TPSA) is 113 Å². The predicted molar refractivity (Wildman–Crippen MR) is 237 cm³/mol. The smallest absolute Gasteiger partial charge is 0.321 e. The Bertz CT molecular complexity index is 2000. The van der Waals surface area contributed by atoms with Crippen LogP contribution in [0.5, 0.6) is 17.2 Å². The van der Waals surface area contributed by atoms with Crippen molar-refractivity contribution in [3.05, 3.63) is 99.8 Å². The minimum Gasteiger partial charge on any atom is -0.506 e. The second-order valence-electron chi connectivity index (χ2n) is 18.4. The lowest BCUT2D eigenvalue weighted by Gasteiger charge is -2.39. The van der Waals surface area contributed by atoms with Gasteiger partial charge in [-0.25, -0.2) is 0 Å². The van der Waals surface area contributed by atoms with Gasteiger partial charge < -0.3 is 34.2 Å². The number of aromatic hydroxyl groups is 1. The summed E-state index contributed by atoms with van der Waals surface area (Å²) >= 11 is 0. The summed E-state index contributed by atoms with van der Waals surface area (Å²) in [6, 6.07) is 23.1. The molecule has 1 atom stereocenters. The molecule has 10 heteroatoms. The molecular weight excluding hydrogens is 743 g/mol. The Balaban J connectivity index is 0.866. The lowest BCUT2D eigenvalue weighted by atomic mass is 9.74. The molecule has 3 aromatic carbocycles. The zero-order valence-corrected chi connectivity index (χ0v) is 37.0. The summed E-state index contributed by atoms with van der Waals surface area (Å²) < 4.78 is 19.4. The number of H-pyrrole nitrogens is 1. The van der Waals surface area contributed by atoms with Gasteiger partial charge in [0, 0.05) is 35.2 Å². The average Bonchev–Trinajstić information content (AvgIpc) is 3.19. The number of phenolic OH excluding ortho intramolecular Hbond substituents is 1. The molecule has 0 unspecified atom stereocenters. The van der Waals surface area contributed by atoms with Crippen LogP contribution < -0.4 is 15.6 Å². The van der Waals surface area contributed by atoms with E-state index in [0.717, 1.165) is 78.8 Å². The Morgan fingerprint density at radius 3 is 2.14 bits per heavy atom. The van der Waals surface area contributed by atoms with Gasteiger partial charge in [0.15, 0.2) is 8.32 Å². The molecular formula is C48H67N3O6Si. The van der Waals surface area contributed by atoms with E-state index in [4.69, 9.17) is 13.9 Å². The summed E-state index contributed by atoms with van der Waals surface area (Å²) in [6.07, 6.45) is 12.2. The van der Waals surface area contributed by atoms with E-state index in [9.17, 15) is 14.7 Å². The number of rotatable bonds is 18. The van der Waals surface area contributed by atoms with Gasteiger partial charge in [-0.2, -0.15) is 0 Å². The Hall–Kier alpha value is -3.96. The van der Waals surface area contributed by atoms with Crippen molar-refractivity contribution >= 4 is 25.2 Å². The van der Waals surface area contributed by atoms with Crippen molar-refractivity contribution in [1.82, 2.24) is 15.2 Å². The normalized spacial score (nSPS) is 18.3. The number of hydrogen-bond donors (Lipinski definition) is 3. The summed E-state index contributed by atoms with van der Waals surface area (Å²) in [6.45, 7) is 15.9. The van der Waals surface area contributed by atoms with Crippen LogP contribution in [0.2, 0.25) is 18.1 Å². The number of unbranched alkanes of at least 4 members (excludes halogenated alkanes) is 6. The standard InChI is InChI=1S/C48H67N3O6Si/c1-47(2,3)58(6,7)57-43(36-27-29-40(52)45-37(36)28-30-44(53)50-45)33-49-31-17-11-9-8-10-12-18-32-51(5)34-23-25-35(26-24-34)55-46(54)48(4)38-19-13-15-21-41(38)56-42-22-16-14-20-39(42)48/h13-16,19-22,27-30,34-35,43,49,52H,8-12,17-18,23-26,31-33H2,1-7H3,(H,50,53)/t34?,35?,43-/m0/s1. The number of aromatic amines is 1. The first-order valence-electron chi connectivity index (χ1n) is 21.7. The van der Waals surface area contributed by atoms with Gasteiger partial charge >= 0.3 is 5.97 Å². The quantitative estimate of drug-likeness (QED) is 0.0517. The number of nitrogens with one attached hydrogen (secondary N) is 2. The Morgan fingerprint density at radius 2 is 1.50 bits per heavy atom. The van der Waals surface area contributed by atoms with Gasteiger partial charge in [-0.3, -0.25) is 9.59 Å². The van der Waals surface area contributed by atoms with Gasteiger partial charge in [-0.15, -0.1) is 0 Å². The number of aromatic nitrogens is 1. The maximum Gasteiger partial charge on any atom is 0.321 e. The number of phenols is 1. The summed E-state index contributed by atoms with van der Waals surface area (Å²) in [5.41, 5.74) is 2.03. The maximum atomic E-state index is 13.9. The molecule has 2 aliphatic rings. The second-order valence-corrected chi connectivity index (χ2v) is 23.1. The highest BCUT2D eigenvalue weighted by atomic mass is 28.4. The van der Waals surface area contributed by atoms with Crippen molar-refractivity contribution in [3.8, 4) is 17.2 Å². The first kappa shape index (κ1) is 43.6. The monoisotopic (exact) mass is 809 g/mol. The van der Waals surface area contributed by atoms with Crippen LogP contribution in [0.3, 0.4) is 0 Å². The van der Waals surface area contributed by atoms with Crippen LogP contribution in [0, 0.1) is 0 Å². The predicted octanol–water partition coefficient (Wildman–Crippen LogP) is 10.5. The summed E-state index contributed by atoms with van der Waals surface area (Å²) in [5, 5.41) is 15.0. The van der Waals surface area contributed by atoms with E-state index in [1.54, 1.807) is 12.1 Å². The lowest BCUT2D eigenvalue weighted by Crippen LogP contribution is -2.43. The van der Waals surface area contributed by atoms with Crippen molar-refractivity contribution < 1.29 is 23.8 Å². The molecule has 1 saturated carbocycles. The van der Waals surface area contributed by atoms with Gasteiger partial charge in [0.25, 0.3) is 0 Å². The second kappa shape index (κ2) is 19.0. The van der Waals surface area contributed by atoms with Crippen molar-refractivity contribution in [2.24, 2.45) is 0 Å². The number of hydrogen-bond acceptors (Lipinski definition) is 8. The molecule has 0 bridgehead atoms. The molecule has 1 aliphatic carbocycles. The van der Waals surface area contributed by atoms with Gasteiger partial charge in [0.2, 0.25) is 5.56 Å². The molecule has 2 heterocycles. The third-order valence-corrected chi connectivity index (χ3v) is 17.7. The summed E-state index contributed by atoms with van der Waals surface area (Å²) in [7, 11) is 0.149. The zero-order chi connectivity index (χ0) is 41.5. The highest BCUT2D eigenvalue weighted by Crippen LogP contribution is 2.49. The highest BCUT2D eigenvalue weighted by Gasteiger charge is 2.47. The molecule has 6 rings (SSSR count). The molecule has 1 fully saturated rings. The zero-order valence-electron chi connectivity index (χ0n) is 36.0. The fourth-order valence-electron chi connectivity index (χ4n) is 8.49. The third-order valence-electron chi connectivity index (χ3n) is 13.2. The molecule has 0 amide bonds. The lowest BCUT2D eigenvalue weighted by molar-refractivity contribution is -0.156. The number of fused-ring (bicyclic) bond motifs is 3. The van der Waals surface area contributed by atoms with Gasteiger partial charge in [0.1, 0.15) is 28.8 Å². The number of ether oxygens (including phenoxy) is 2. The molecule has 1 aromatic heterocycles. The van der Waals surface area contributed by atoms with Crippen LogP contribution in [0.15, 0.2) is 77.6 Å². The van der Waals surface area contributed by atoms with E-state index in [-0.39, 0.29) is 34.5 Å². The van der Waals surface area contributed by atoms with Crippen molar-refractivity contribution in [3.63, 3.8) is 0 Å². The Kier molecular flexibility index (Phi) is 14.3. The first-order valence-corrected chi connectivity index (χ1v) is 24.6. The first-order chi connectivity index (χ1) is 27.7. The minimum absolute atomic E-state index is 0.0482. The minimum atomic E-state index is -2.11. The fourth-order valence-corrected chi connectivity index (χ4v) is 9.77. The number of benzene rings is 3. The molecule has 0 saturated heterocycles. The van der Waals surface area contributed by atoms with E-state index in [1.807, 2.05) is 61.5 Å². The van der Waals surface area contributed by atoms with Crippen LogP contribution >= 0.6 is 0 Å². The Labute approximate surface area is 347 Å². The Morgan fingerprint density at radius 1 is 0.897 bits per heavy atom. The van der Waals surface area contributed by atoms with Crippen molar-refractivity contribution in [1.29, 1.82) is 0 Å². The summed E-state index contributed by atoms with van der Waals surface area (Å²) in [5.74, 6) is 1.32. The van der Waals surface area contributed by atoms with E-state index in [2.05, 4.69) is 56.1 Å². The van der Waals surface area contributed by atoms with Crippen LogP contribution in [-0.2, 0) is 19.4 Å². The summed E-state index contributed by atoms with van der Waals surface area (Å²) in [4.78, 5) is 31.3. The number of pyridine rings is 1. The highest BCUT2D eigenvalue weighted by molar-refractivity contribution is 6.74. The number of nitrogens with zero attached hydrogens (tertiary/aromatic N) is 1. The number of esters is 1. The number of para-hydroxylation sites is 2. The van der Waals surface area contributed by atoms with E-state index in [0.29, 0.717) is 18.1 Å². The number of carbonyl (C=O) groups is 1. The van der Waals surface area contributed by atoms with Crippen molar-refractivity contribution in [2.75, 3.05) is 26.7 Å². The van der Waals surface area contributed by atoms with Crippen LogP contribution in [0.25, 0.3) is 10.9 Å². The molecule has 58 heavy (non-hydrogen) atoms. The van der Waals surface area contributed by atoms with Crippen LogP contribution in [0.4, 0.5) is 0 Å². The van der Waals surface area contributed by atoms with Crippen LogP contribution in [0.1, 0.15) is 121 Å². The van der Waals surface area contributed by atoms with Gasteiger partial charge in [-0.1, -0.05) is 95.3 Å². The molecule has 0 spiro atoms. The van der Waals surface area contributed by atoms with E-state index >= 15 is 0 Å². The largest absolute Gasteiger partial charge is 0.506 e. The van der Waals surface area contributed by atoms with E-state index < -0.39 is 13.7 Å². The molecule has 314 valence electrons. The molecule has 9 nitrogen and oxygen atoms in total.